The zero-order valence-electron chi connectivity index (χ0n) is 8.24. The first-order valence-corrected chi connectivity index (χ1v) is 4.36. The Balaban J connectivity index is 2.33. The summed E-state index contributed by atoms with van der Waals surface area (Å²) in [5.74, 6) is 2.70. The van der Waals surface area contributed by atoms with Crippen molar-refractivity contribution in [1.29, 1.82) is 0 Å². The van der Waals surface area contributed by atoms with Crippen molar-refractivity contribution in [1.82, 2.24) is 24.5 Å². The number of nitrogens with zero attached hydrogens (tertiary/aromatic N) is 5. The molecule has 2 rings (SSSR count). The van der Waals surface area contributed by atoms with Crippen LogP contribution in [-0.4, -0.2) is 31.1 Å². The van der Waals surface area contributed by atoms with Crippen LogP contribution in [0.25, 0.3) is 5.95 Å². The Bertz CT molecular complexity index is 515. The van der Waals surface area contributed by atoms with E-state index in [2.05, 4.69) is 25.9 Å². The van der Waals surface area contributed by atoms with Gasteiger partial charge in [0.15, 0.2) is 6.61 Å². The number of hydrogen-bond acceptors (Lipinski definition) is 6. The van der Waals surface area contributed by atoms with E-state index in [-0.39, 0.29) is 18.6 Å². The molecule has 0 saturated carbocycles. The van der Waals surface area contributed by atoms with Gasteiger partial charge in [-0.2, -0.15) is 15.0 Å². The van der Waals surface area contributed by atoms with E-state index in [0.29, 0.717) is 5.95 Å². The largest absolute Gasteiger partial charge is 0.450 e. The van der Waals surface area contributed by atoms with Gasteiger partial charge in [-0.25, -0.2) is 4.98 Å². The van der Waals surface area contributed by atoms with Crippen molar-refractivity contribution in [2.24, 2.45) is 0 Å². The Labute approximate surface area is 91.3 Å². The lowest BCUT2D eigenvalue weighted by Gasteiger charge is -2.04. The van der Waals surface area contributed by atoms with Crippen LogP contribution in [0.5, 0.6) is 6.01 Å². The van der Waals surface area contributed by atoms with Crippen LogP contribution in [0.2, 0.25) is 0 Å². The van der Waals surface area contributed by atoms with E-state index in [0.717, 1.165) is 0 Å². The summed E-state index contributed by atoms with van der Waals surface area (Å²) in [5.41, 5.74) is 5.51. The van der Waals surface area contributed by atoms with Crippen LogP contribution in [0.1, 0.15) is 0 Å². The Hall–Kier alpha value is -2.62. The number of terminal acetylenes is 1. The lowest BCUT2D eigenvalue weighted by molar-refractivity contribution is 0.338. The van der Waals surface area contributed by atoms with Gasteiger partial charge < -0.3 is 10.5 Å². The molecule has 0 radical (unpaired) electrons. The average molecular weight is 216 g/mol. The van der Waals surface area contributed by atoms with Crippen molar-refractivity contribution >= 4 is 5.95 Å². The van der Waals surface area contributed by atoms with Gasteiger partial charge in [-0.15, -0.1) is 6.42 Å². The molecule has 7 heteroatoms. The summed E-state index contributed by atoms with van der Waals surface area (Å²) < 4.78 is 6.65. The molecule has 2 N–H and O–H groups in total. The fourth-order valence-electron chi connectivity index (χ4n) is 1.02. The van der Waals surface area contributed by atoms with E-state index in [1.165, 1.54) is 0 Å². The number of hydrogen-bond donors (Lipinski definition) is 1. The van der Waals surface area contributed by atoms with Crippen molar-refractivity contribution in [3.8, 4) is 24.3 Å². The van der Waals surface area contributed by atoms with Crippen LogP contribution in [0.3, 0.4) is 0 Å². The van der Waals surface area contributed by atoms with E-state index >= 15 is 0 Å². The van der Waals surface area contributed by atoms with Crippen LogP contribution in [0.4, 0.5) is 5.95 Å². The number of ether oxygens (including phenoxy) is 1. The molecule has 0 spiro atoms. The van der Waals surface area contributed by atoms with Gasteiger partial charge in [0, 0.05) is 12.4 Å². The second kappa shape index (κ2) is 4.27. The van der Waals surface area contributed by atoms with E-state index in [1.54, 1.807) is 23.3 Å². The molecule has 0 unspecified atom stereocenters. The summed E-state index contributed by atoms with van der Waals surface area (Å²) in [4.78, 5) is 15.6. The zero-order chi connectivity index (χ0) is 11.4. The van der Waals surface area contributed by atoms with Crippen LogP contribution in [0, 0.1) is 12.3 Å². The van der Waals surface area contributed by atoms with Crippen LogP contribution in [0.15, 0.2) is 18.7 Å². The highest BCUT2D eigenvalue weighted by atomic mass is 16.5. The minimum atomic E-state index is 0.0609. The standard InChI is InChI=1S/C9H8N6O/c1-2-5-16-9-13-7(10)12-8(14-9)15-4-3-11-6-15/h1,3-4,6H,5H2,(H2,10,12,13,14). The average Bonchev–Trinajstić information content (AvgIpc) is 2.79. The number of nitrogen functional groups attached to an aromatic ring is 1. The Morgan fingerprint density at radius 1 is 1.44 bits per heavy atom. The predicted molar refractivity (Wildman–Crippen MR) is 55.7 cm³/mol. The zero-order valence-corrected chi connectivity index (χ0v) is 8.24. The van der Waals surface area contributed by atoms with Gasteiger partial charge in [-0.1, -0.05) is 5.92 Å². The fraction of sp³-hybridized carbons (Fsp3) is 0.111. The Kier molecular flexibility index (Phi) is 2.65. The lowest BCUT2D eigenvalue weighted by Crippen LogP contribution is -2.08. The summed E-state index contributed by atoms with van der Waals surface area (Å²) in [7, 11) is 0. The summed E-state index contributed by atoms with van der Waals surface area (Å²) >= 11 is 0. The third-order valence-electron chi connectivity index (χ3n) is 1.64. The fourth-order valence-corrected chi connectivity index (χ4v) is 1.02. The Morgan fingerprint density at radius 3 is 3.00 bits per heavy atom. The SMILES string of the molecule is C#CCOc1nc(N)nc(-n2ccnc2)n1. The van der Waals surface area contributed by atoms with E-state index in [9.17, 15) is 0 Å². The third kappa shape index (κ3) is 2.06. The summed E-state index contributed by atoms with van der Waals surface area (Å²) in [5, 5.41) is 0. The number of rotatable bonds is 3. The molecule has 0 fully saturated rings. The molecule has 0 atom stereocenters. The van der Waals surface area contributed by atoms with Crippen LogP contribution in [-0.2, 0) is 0 Å². The van der Waals surface area contributed by atoms with E-state index < -0.39 is 0 Å². The number of imidazole rings is 1. The van der Waals surface area contributed by atoms with E-state index in [1.807, 2.05) is 0 Å². The van der Waals surface area contributed by atoms with Gasteiger partial charge in [0.2, 0.25) is 11.9 Å². The molecule has 7 nitrogen and oxygen atoms in total. The Morgan fingerprint density at radius 2 is 2.31 bits per heavy atom. The quantitative estimate of drug-likeness (QED) is 0.705. The molecule has 0 aromatic carbocycles. The summed E-state index contributed by atoms with van der Waals surface area (Å²) in [6, 6.07) is 0.0918. The molecule has 0 aliphatic carbocycles. The number of anilines is 1. The first kappa shape index (κ1) is 9.92. The molecule has 0 saturated heterocycles. The van der Waals surface area contributed by atoms with Gasteiger partial charge in [0.25, 0.3) is 0 Å². The second-order valence-electron chi connectivity index (χ2n) is 2.74. The van der Waals surface area contributed by atoms with Crippen molar-refractivity contribution < 1.29 is 4.74 Å². The topological polar surface area (TPSA) is 91.7 Å². The van der Waals surface area contributed by atoms with Gasteiger partial charge in [-0.05, 0) is 0 Å². The first-order valence-electron chi connectivity index (χ1n) is 4.36. The monoisotopic (exact) mass is 216 g/mol. The maximum atomic E-state index is 5.51. The highest BCUT2D eigenvalue weighted by Gasteiger charge is 2.06. The molecule has 2 heterocycles. The minimum Gasteiger partial charge on any atom is -0.450 e. The molecular weight excluding hydrogens is 208 g/mol. The molecule has 0 aliphatic heterocycles. The van der Waals surface area contributed by atoms with Crippen molar-refractivity contribution in [3.05, 3.63) is 18.7 Å². The highest BCUT2D eigenvalue weighted by Crippen LogP contribution is 2.08. The first-order chi connectivity index (χ1) is 7.79. The van der Waals surface area contributed by atoms with Gasteiger partial charge in [0.1, 0.15) is 6.33 Å². The smallest absolute Gasteiger partial charge is 0.324 e. The van der Waals surface area contributed by atoms with E-state index in [4.69, 9.17) is 16.9 Å². The maximum absolute atomic E-state index is 5.51. The number of aromatic nitrogens is 5. The molecule has 0 aliphatic rings. The number of nitrogens with two attached hydrogens (primary N) is 1. The van der Waals surface area contributed by atoms with Crippen molar-refractivity contribution in [3.63, 3.8) is 0 Å². The molecule has 80 valence electrons. The minimum absolute atomic E-state index is 0.0609. The van der Waals surface area contributed by atoms with Gasteiger partial charge in [0.05, 0.1) is 0 Å². The lowest BCUT2D eigenvalue weighted by atomic mass is 10.7. The maximum Gasteiger partial charge on any atom is 0.324 e. The van der Waals surface area contributed by atoms with Gasteiger partial charge >= 0.3 is 6.01 Å². The molecule has 0 bridgehead atoms. The molecule has 0 amide bonds. The normalized spacial score (nSPS) is 9.69. The second-order valence-corrected chi connectivity index (χ2v) is 2.74. The van der Waals surface area contributed by atoms with Crippen LogP contribution >= 0.6 is 0 Å². The highest BCUT2D eigenvalue weighted by molar-refractivity contribution is 5.25. The van der Waals surface area contributed by atoms with Gasteiger partial charge in [-0.3, -0.25) is 4.57 Å². The summed E-state index contributed by atoms with van der Waals surface area (Å²) in [6.45, 7) is 0.0762. The predicted octanol–water partition coefficient (Wildman–Crippen LogP) is -0.349. The third-order valence-corrected chi connectivity index (χ3v) is 1.64. The van der Waals surface area contributed by atoms with Crippen LogP contribution < -0.4 is 10.5 Å². The molecular formula is C9H8N6O. The summed E-state index contributed by atoms with van der Waals surface area (Å²) in [6.07, 6.45) is 9.88. The molecule has 16 heavy (non-hydrogen) atoms. The van der Waals surface area contributed by atoms with Crippen molar-refractivity contribution in [2.75, 3.05) is 12.3 Å². The van der Waals surface area contributed by atoms with Crippen molar-refractivity contribution in [2.45, 2.75) is 0 Å². The molecule has 2 aromatic heterocycles. The molecule has 2 aromatic rings.